The lowest BCUT2D eigenvalue weighted by Gasteiger charge is -2.16. The number of pyridine rings is 1. The van der Waals surface area contributed by atoms with Crippen molar-refractivity contribution in [2.45, 2.75) is 12.4 Å². The van der Waals surface area contributed by atoms with Crippen LogP contribution in [0.3, 0.4) is 0 Å². The van der Waals surface area contributed by atoms with E-state index in [1.54, 1.807) is 0 Å². The first-order chi connectivity index (χ1) is 11.9. The van der Waals surface area contributed by atoms with Crippen LogP contribution in [0.5, 0.6) is 5.88 Å². The van der Waals surface area contributed by atoms with Crippen LogP contribution in [0.2, 0.25) is 0 Å². The minimum Gasteiger partial charge on any atom is -0.481 e. The maximum Gasteiger partial charge on any atom is 0.417 e. The molecule has 0 atom stereocenters. The van der Waals surface area contributed by atoms with Gasteiger partial charge in [0.2, 0.25) is 5.88 Å². The minimum absolute atomic E-state index is 0.00624. The molecule has 2 rings (SSSR count). The second kappa shape index (κ2) is 6.81. The average molecular weight is 382 g/mol. The number of nitrogens with zero attached hydrogens (tertiary/aromatic N) is 1. The zero-order chi connectivity index (χ0) is 19.7. The summed E-state index contributed by atoms with van der Waals surface area (Å²) in [7, 11) is 1.24. The van der Waals surface area contributed by atoms with Gasteiger partial charge in [-0.3, -0.25) is 4.79 Å². The van der Waals surface area contributed by atoms with Gasteiger partial charge in [0.15, 0.2) is 0 Å². The quantitative estimate of drug-likeness (QED) is 0.795. The number of aromatic nitrogens is 1. The summed E-state index contributed by atoms with van der Waals surface area (Å²) in [6.07, 6.45) is -9.44. The second-order valence-corrected chi connectivity index (χ2v) is 4.92. The van der Waals surface area contributed by atoms with E-state index in [1.807, 2.05) is 5.32 Å². The number of anilines is 1. The molecule has 26 heavy (non-hydrogen) atoms. The monoisotopic (exact) mass is 382 g/mol. The molecule has 0 saturated heterocycles. The maximum absolute atomic E-state index is 14.0. The van der Waals surface area contributed by atoms with E-state index in [0.29, 0.717) is 0 Å². The highest BCUT2D eigenvalue weighted by Crippen LogP contribution is 2.38. The molecular formula is C15H9F7N2O2. The third-order valence-electron chi connectivity index (χ3n) is 3.15. The van der Waals surface area contributed by atoms with Crippen LogP contribution < -0.4 is 10.1 Å². The lowest BCUT2D eigenvalue weighted by atomic mass is 10.0. The Kier molecular flexibility index (Phi) is 5.10. The molecule has 11 heteroatoms. The third kappa shape index (κ3) is 4.21. The van der Waals surface area contributed by atoms with Crippen LogP contribution in [0, 0.1) is 5.82 Å². The van der Waals surface area contributed by atoms with Crippen molar-refractivity contribution in [2.24, 2.45) is 0 Å². The highest BCUT2D eigenvalue weighted by Gasteiger charge is 2.41. The largest absolute Gasteiger partial charge is 0.481 e. The van der Waals surface area contributed by atoms with Crippen molar-refractivity contribution in [3.05, 3.63) is 53.0 Å². The van der Waals surface area contributed by atoms with Crippen LogP contribution in [-0.4, -0.2) is 18.0 Å². The highest BCUT2D eigenvalue weighted by molar-refractivity contribution is 6.05. The van der Waals surface area contributed by atoms with E-state index in [9.17, 15) is 35.5 Å². The summed E-state index contributed by atoms with van der Waals surface area (Å²) < 4.78 is 95.9. The molecule has 1 aromatic heterocycles. The predicted octanol–water partition coefficient (Wildman–Crippen LogP) is 4.52. The predicted molar refractivity (Wildman–Crippen MR) is 75.1 cm³/mol. The zero-order valence-electron chi connectivity index (χ0n) is 12.8. The standard InChI is InChI=1S/C15H9F7N2O2/c1-26-11-6-8(2-3-23-11)24-13(25)12-9(15(20,21)22)4-7(5-10(12)16)14(17,18)19/h2-6H,1H3,(H,23,24,25). The van der Waals surface area contributed by atoms with E-state index in [1.165, 1.54) is 13.2 Å². The zero-order valence-corrected chi connectivity index (χ0v) is 12.8. The van der Waals surface area contributed by atoms with E-state index < -0.39 is 40.8 Å². The van der Waals surface area contributed by atoms with Crippen molar-refractivity contribution in [2.75, 3.05) is 12.4 Å². The van der Waals surface area contributed by atoms with Crippen LogP contribution in [0.25, 0.3) is 0 Å². The van der Waals surface area contributed by atoms with Gasteiger partial charge in [-0.25, -0.2) is 9.37 Å². The molecule has 4 nitrogen and oxygen atoms in total. The number of benzene rings is 1. The van der Waals surface area contributed by atoms with Gasteiger partial charge in [0, 0.05) is 18.0 Å². The Morgan fingerprint density at radius 1 is 1.08 bits per heavy atom. The van der Waals surface area contributed by atoms with Crippen LogP contribution in [0.4, 0.5) is 36.4 Å². The SMILES string of the molecule is COc1cc(NC(=O)c2c(F)cc(C(F)(F)F)cc2C(F)(F)F)ccn1. The van der Waals surface area contributed by atoms with Crippen molar-refractivity contribution < 1.29 is 40.3 Å². The number of rotatable bonds is 3. The Labute approximate surface area is 141 Å². The van der Waals surface area contributed by atoms with Crippen LogP contribution in [0.1, 0.15) is 21.5 Å². The molecule has 0 radical (unpaired) electrons. The number of ether oxygens (including phenoxy) is 1. The number of methoxy groups -OCH3 is 1. The molecule has 0 bridgehead atoms. The Balaban J connectivity index is 2.51. The fraction of sp³-hybridized carbons (Fsp3) is 0.200. The van der Waals surface area contributed by atoms with Gasteiger partial charge in [0.05, 0.1) is 23.8 Å². The summed E-state index contributed by atoms with van der Waals surface area (Å²) in [4.78, 5) is 15.8. The Morgan fingerprint density at radius 3 is 2.27 bits per heavy atom. The summed E-state index contributed by atoms with van der Waals surface area (Å²) >= 11 is 0. The molecule has 1 heterocycles. The average Bonchev–Trinajstić information content (AvgIpc) is 2.52. The summed E-state index contributed by atoms with van der Waals surface area (Å²) in [6, 6.07) is 1.82. The van der Waals surface area contributed by atoms with Gasteiger partial charge < -0.3 is 10.1 Å². The lowest BCUT2D eigenvalue weighted by molar-refractivity contribution is -0.143. The molecule has 2 aromatic rings. The van der Waals surface area contributed by atoms with Crippen molar-refractivity contribution >= 4 is 11.6 Å². The molecule has 1 amide bonds. The van der Waals surface area contributed by atoms with Gasteiger partial charge in [-0.2, -0.15) is 26.3 Å². The molecule has 1 aromatic carbocycles. The summed E-state index contributed by atoms with van der Waals surface area (Å²) in [6.45, 7) is 0. The number of carbonyl (C=O) groups excluding carboxylic acids is 1. The summed E-state index contributed by atoms with van der Waals surface area (Å²) in [5.41, 5.74) is -5.54. The van der Waals surface area contributed by atoms with E-state index >= 15 is 0 Å². The molecule has 0 unspecified atom stereocenters. The first-order valence-corrected chi connectivity index (χ1v) is 6.73. The fourth-order valence-corrected chi connectivity index (χ4v) is 2.02. The van der Waals surface area contributed by atoms with Crippen molar-refractivity contribution in [1.29, 1.82) is 0 Å². The minimum atomic E-state index is -5.38. The van der Waals surface area contributed by atoms with E-state index in [0.717, 1.165) is 12.3 Å². The number of nitrogens with one attached hydrogen (secondary N) is 1. The molecule has 0 aliphatic heterocycles. The van der Waals surface area contributed by atoms with Gasteiger partial charge in [-0.1, -0.05) is 0 Å². The molecule has 0 saturated carbocycles. The second-order valence-electron chi connectivity index (χ2n) is 4.92. The highest BCUT2D eigenvalue weighted by atomic mass is 19.4. The number of carbonyl (C=O) groups is 1. The van der Waals surface area contributed by atoms with Gasteiger partial charge in [-0.15, -0.1) is 0 Å². The molecule has 140 valence electrons. The Bertz CT molecular complexity index is 832. The molecular weight excluding hydrogens is 373 g/mol. The van der Waals surface area contributed by atoms with E-state index in [2.05, 4.69) is 4.98 Å². The number of alkyl halides is 6. The van der Waals surface area contributed by atoms with Crippen molar-refractivity contribution in [3.8, 4) is 5.88 Å². The van der Waals surface area contributed by atoms with Crippen LogP contribution in [-0.2, 0) is 12.4 Å². The van der Waals surface area contributed by atoms with Crippen LogP contribution >= 0.6 is 0 Å². The number of hydrogen-bond acceptors (Lipinski definition) is 3. The molecule has 0 fully saturated rings. The number of halogens is 7. The Hall–Kier alpha value is -2.85. The van der Waals surface area contributed by atoms with E-state index in [-0.39, 0.29) is 23.7 Å². The smallest absolute Gasteiger partial charge is 0.417 e. The molecule has 1 N–H and O–H groups in total. The van der Waals surface area contributed by atoms with E-state index in [4.69, 9.17) is 4.74 Å². The number of amides is 1. The first-order valence-electron chi connectivity index (χ1n) is 6.73. The normalized spacial score (nSPS) is 12.0. The van der Waals surface area contributed by atoms with Crippen LogP contribution in [0.15, 0.2) is 30.5 Å². The topological polar surface area (TPSA) is 51.2 Å². The van der Waals surface area contributed by atoms with Gasteiger partial charge in [0.25, 0.3) is 5.91 Å². The summed E-state index contributed by atoms with van der Waals surface area (Å²) in [5.74, 6) is -3.52. The summed E-state index contributed by atoms with van der Waals surface area (Å²) in [5, 5.41) is 1.96. The molecule has 0 aliphatic carbocycles. The van der Waals surface area contributed by atoms with Gasteiger partial charge in [-0.05, 0) is 18.2 Å². The van der Waals surface area contributed by atoms with Crippen molar-refractivity contribution in [3.63, 3.8) is 0 Å². The lowest BCUT2D eigenvalue weighted by Crippen LogP contribution is -2.22. The van der Waals surface area contributed by atoms with Gasteiger partial charge in [0.1, 0.15) is 5.82 Å². The molecule has 0 aliphatic rings. The maximum atomic E-state index is 14.0. The first kappa shape index (κ1) is 19.5. The van der Waals surface area contributed by atoms with Crippen molar-refractivity contribution in [1.82, 2.24) is 4.98 Å². The Morgan fingerprint density at radius 2 is 1.73 bits per heavy atom. The van der Waals surface area contributed by atoms with Gasteiger partial charge >= 0.3 is 12.4 Å². The third-order valence-corrected chi connectivity index (χ3v) is 3.15. The molecule has 0 spiro atoms. The fourth-order valence-electron chi connectivity index (χ4n) is 2.02. The number of hydrogen-bond donors (Lipinski definition) is 1.